The number of nitrogens with one attached hydrogen (secondary N) is 1. The number of aliphatic hydroxyl groups is 1. The molecule has 1 aromatic carbocycles. The van der Waals surface area contributed by atoms with Gasteiger partial charge in [0.15, 0.2) is 9.84 Å². The van der Waals surface area contributed by atoms with E-state index in [2.05, 4.69) is 76.9 Å². The summed E-state index contributed by atoms with van der Waals surface area (Å²) < 4.78 is 29.1. The molecule has 7 nitrogen and oxygen atoms in total. The first-order valence-corrected chi connectivity index (χ1v) is 21.9. The fourth-order valence-corrected chi connectivity index (χ4v) is 15.4. The van der Waals surface area contributed by atoms with Crippen molar-refractivity contribution in [1.82, 2.24) is 10.2 Å². The minimum Gasteiger partial charge on any atom is -0.465 e. The molecule has 8 heteroatoms. The fraction of sp³-hybridized carbons (Fsp3) is 0.791. The normalized spacial score (nSPS) is 41.7. The lowest BCUT2D eigenvalue weighted by Crippen LogP contribution is -2.68. The van der Waals surface area contributed by atoms with Gasteiger partial charge in [-0.25, -0.2) is 13.2 Å². The Morgan fingerprint density at radius 1 is 0.922 bits per heavy atom. The van der Waals surface area contributed by atoms with Gasteiger partial charge in [0.1, 0.15) is 0 Å². The van der Waals surface area contributed by atoms with E-state index < -0.39 is 15.4 Å². The summed E-state index contributed by atoms with van der Waals surface area (Å²) in [6.45, 7) is 20.1. The van der Waals surface area contributed by atoms with E-state index >= 15 is 0 Å². The number of allylic oxidation sites excluding steroid dienone is 2. The number of nitrogens with zero attached hydrogens (tertiary/aromatic N) is 1. The maximum absolute atomic E-state index is 12.1. The largest absolute Gasteiger partial charge is 0.465 e. The van der Waals surface area contributed by atoms with Crippen LogP contribution in [0.15, 0.2) is 30.3 Å². The zero-order chi connectivity index (χ0) is 36.8. The van der Waals surface area contributed by atoms with Crippen LogP contribution in [0.4, 0.5) is 0 Å². The van der Waals surface area contributed by atoms with Crippen LogP contribution in [-0.4, -0.2) is 80.3 Å². The van der Waals surface area contributed by atoms with Gasteiger partial charge in [0.25, 0.3) is 0 Å². The van der Waals surface area contributed by atoms with Gasteiger partial charge < -0.3 is 20.1 Å². The molecule has 1 aliphatic heterocycles. The second kappa shape index (κ2) is 12.7. The van der Waals surface area contributed by atoms with Crippen molar-refractivity contribution >= 4 is 21.4 Å². The van der Waals surface area contributed by atoms with Gasteiger partial charge >= 0.3 is 5.97 Å². The number of sulfone groups is 1. The average Bonchev–Trinajstić information content (AvgIpc) is 3.46. The summed E-state index contributed by atoms with van der Waals surface area (Å²) in [7, 11) is -1.45. The van der Waals surface area contributed by atoms with Crippen LogP contribution >= 0.6 is 0 Å². The standard InChI is InChI=1S/C43H66N2O5S/c1-38(2)31(29-9-11-30(12-10-29)37(46)50-8)15-18-40(5)34(38)17-19-42(7)35(40)14-13-33-36-32(39(3,4)47)16-20-43(36,22-21-41(33,42)6)44-23-24-45-25-27-51(48,49)28-26-45/h9-12,15,32-36,44,47H,13-14,16-28H2,1-8H3/t32-,33-,34+,35-,36-,40+,41-,42-,43+/m1/s1. The number of methoxy groups -OCH3 is 1. The molecule has 0 bridgehead atoms. The van der Waals surface area contributed by atoms with E-state index in [0.29, 0.717) is 42.3 Å². The van der Waals surface area contributed by atoms with Crippen LogP contribution in [-0.2, 0) is 14.6 Å². The predicted octanol–water partition coefficient (Wildman–Crippen LogP) is 7.39. The molecule has 4 saturated carbocycles. The van der Waals surface area contributed by atoms with Crippen LogP contribution in [0.2, 0.25) is 0 Å². The van der Waals surface area contributed by atoms with Gasteiger partial charge in [0.05, 0.1) is 29.8 Å². The summed E-state index contributed by atoms with van der Waals surface area (Å²) in [4.78, 5) is 14.5. The Hall–Kier alpha value is -1.74. The van der Waals surface area contributed by atoms with E-state index in [1.807, 2.05) is 12.1 Å². The summed E-state index contributed by atoms with van der Waals surface area (Å²) in [5.74, 6) is 2.75. The van der Waals surface area contributed by atoms with Gasteiger partial charge in [-0.15, -0.1) is 0 Å². The molecule has 6 aliphatic rings. The van der Waals surface area contributed by atoms with Crippen molar-refractivity contribution in [3.63, 3.8) is 0 Å². The first kappa shape index (κ1) is 37.6. The summed E-state index contributed by atoms with van der Waals surface area (Å²) in [5.41, 5.74) is 3.20. The minimum absolute atomic E-state index is 0.0144. The zero-order valence-electron chi connectivity index (χ0n) is 32.8. The molecule has 51 heavy (non-hydrogen) atoms. The van der Waals surface area contributed by atoms with Gasteiger partial charge in [0.2, 0.25) is 0 Å². The molecule has 0 aromatic heterocycles. The number of carbonyl (C=O) groups is 1. The molecule has 1 aromatic rings. The van der Waals surface area contributed by atoms with Crippen LogP contribution in [0.5, 0.6) is 0 Å². The molecule has 284 valence electrons. The number of benzene rings is 1. The van der Waals surface area contributed by atoms with Crippen molar-refractivity contribution in [3.05, 3.63) is 41.5 Å². The monoisotopic (exact) mass is 722 g/mol. The van der Waals surface area contributed by atoms with E-state index in [-0.39, 0.29) is 50.6 Å². The van der Waals surface area contributed by atoms with Gasteiger partial charge in [-0.2, -0.15) is 0 Å². The molecule has 5 fully saturated rings. The Kier molecular flexibility index (Phi) is 9.33. The number of fused-ring (bicyclic) bond motifs is 7. The fourth-order valence-electron chi connectivity index (χ4n) is 14.1. The molecule has 0 amide bonds. The van der Waals surface area contributed by atoms with Gasteiger partial charge in [0, 0.05) is 31.7 Å². The zero-order valence-corrected chi connectivity index (χ0v) is 33.6. The van der Waals surface area contributed by atoms with Crippen molar-refractivity contribution in [2.24, 2.45) is 51.2 Å². The Labute approximate surface area is 308 Å². The van der Waals surface area contributed by atoms with Crippen LogP contribution in [0.1, 0.15) is 122 Å². The molecule has 2 N–H and O–H groups in total. The Bertz CT molecular complexity index is 1630. The molecule has 5 aliphatic carbocycles. The predicted molar refractivity (Wildman–Crippen MR) is 205 cm³/mol. The lowest BCUT2D eigenvalue weighted by atomic mass is 9.32. The Morgan fingerprint density at radius 2 is 1.61 bits per heavy atom. The van der Waals surface area contributed by atoms with E-state index in [9.17, 15) is 18.3 Å². The van der Waals surface area contributed by atoms with Gasteiger partial charge in [-0.3, -0.25) is 0 Å². The highest BCUT2D eigenvalue weighted by atomic mass is 32.2. The third-order valence-corrected chi connectivity index (χ3v) is 18.5. The molecule has 0 spiro atoms. The topological polar surface area (TPSA) is 95.9 Å². The maximum Gasteiger partial charge on any atom is 0.337 e. The SMILES string of the molecule is COC(=O)c1ccc(C2=CC[C@]3(C)[C@H]4CC[C@@H]5[C@H]6[C@H](C(C)(C)O)CC[C@]6(NCCN6CCS(=O)(=O)CC6)CC[C@@]5(C)[C@]4(C)CC[C@H]3C2(C)C)cc1. The Balaban J connectivity index is 1.15. The molecule has 0 unspecified atom stereocenters. The number of hydrogen-bond acceptors (Lipinski definition) is 7. The van der Waals surface area contributed by atoms with Crippen molar-refractivity contribution < 1.29 is 23.1 Å². The van der Waals surface area contributed by atoms with Gasteiger partial charge in [-0.1, -0.05) is 52.8 Å². The van der Waals surface area contributed by atoms with E-state index in [4.69, 9.17) is 4.74 Å². The molecule has 0 radical (unpaired) electrons. The van der Waals surface area contributed by atoms with Crippen molar-refractivity contribution in [1.29, 1.82) is 0 Å². The highest BCUT2D eigenvalue weighted by Gasteiger charge is 2.71. The molecular formula is C43H66N2O5S. The lowest BCUT2D eigenvalue weighted by molar-refractivity contribution is -0.225. The third kappa shape index (κ3) is 5.90. The molecule has 1 heterocycles. The first-order valence-electron chi connectivity index (χ1n) is 20.1. The van der Waals surface area contributed by atoms with Crippen LogP contribution in [0.3, 0.4) is 0 Å². The smallest absolute Gasteiger partial charge is 0.337 e. The number of esters is 1. The number of ether oxygens (including phenoxy) is 1. The number of hydrogen-bond donors (Lipinski definition) is 2. The summed E-state index contributed by atoms with van der Waals surface area (Å²) in [5, 5.41) is 15.9. The van der Waals surface area contributed by atoms with E-state index in [1.54, 1.807) is 0 Å². The van der Waals surface area contributed by atoms with Crippen LogP contribution in [0, 0.1) is 51.2 Å². The lowest BCUT2D eigenvalue weighted by Gasteiger charge is -2.72. The van der Waals surface area contributed by atoms with Crippen LogP contribution < -0.4 is 5.32 Å². The highest BCUT2D eigenvalue weighted by molar-refractivity contribution is 7.91. The minimum atomic E-state index is -2.88. The summed E-state index contributed by atoms with van der Waals surface area (Å²) >= 11 is 0. The van der Waals surface area contributed by atoms with E-state index in [0.717, 1.165) is 38.8 Å². The van der Waals surface area contributed by atoms with Gasteiger partial charge in [-0.05, 0) is 146 Å². The van der Waals surface area contributed by atoms with Crippen molar-refractivity contribution in [2.75, 3.05) is 44.8 Å². The summed E-state index contributed by atoms with van der Waals surface area (Å²) in [6, 6.07) is 8.05. The molecular weight excluding hydrogens is 657 g/mol. The first-order chi connectivity index (χ1) is 23.8. The van der Waals surface area contributed by atoms with Crippen molar-refractivity contribution in [3.8, 4) is 0 Å². The van der Waals surface area contributed by atoms with Crippen LogP contribution in [0.25, 0.3) is 5.57 Å². The quantitative estimate of drug-likeness (QED) is 0.284. The number of rotatable bonds is 7. The molecule has 1 saturated heterocycles. The third-order valence-electron chi connectivity index (χ3n) is 16.9. The second-order valence-electron chi connectivity index (χ2n) is 19.7. The molecule has 9 atom stereocenters. The highest BCUT2D eigenvalue weighted by Crippen LogP contribution is 2.76. The second-order valence-corrected chi connectivity index (χ2v) is 22.0. The van der Waals surface area contributed by atoms with Crippen molar-refractivity contribution in [2.45, 2.75) is 117 Å². The number of carbonyl (C=O) groups excluding carboxylic acids is 1. The Morgan fingerprint density at radius 3 is 2.25 bits per heavy atom. The molecule has 7 rings (SSSR count). The van der Waals surface area contributed by atoms with E-state index in [1.165, 1.54) is 50.4 Å². The summed E-state index contributed by atoms with van der Waals surface area (Å²) in [6.07, 6.45) is 13.2. The maximum atomic E-state index is 12.1. The average molecular weight is 723 g/mol.